The van der Waals surface area contributed by atoms with E-state index in [-0.39, 0.29) is 17.7 Å². The molecule has 1 aromatic carbocycles. The van der Waals surface area contributed by atoms with Gasteiger partial charge >= 0.3 is 12.2 Å². The SMILES string of the molecule is Cc1cc(Oc2cccc(C(F)(F)F)c2)nn1C(=O)NCC1CCCO1. The number of nitrogens with zero attached hydrogens (tertiary/aromatic N) is 2. The lowest BCUT2D eigenvalue weighted by Crippen LogP contribution is -2.35. The Morgan fingerprint density at radius 3 is 2.92 bits per heavy atom. The fourth-order valence-electron chi connectivity index (χ4n) is 2.64. The summed E-state index contributed by atoms with van der Waals surface area (Å²) in [6, 6.07) is 5.50. The van der Waals surface area contributed by atoms with Crippen molar-refractivity contribution in [3.8, 4) is 11.6 Å². The van der Waals surface area contributed by atoms with Crippen molar-refractivity contribution >= 4 is 6.03 Å². The zero-order valence-electron chi connectivity index (χ0n) is 14.0. The maximum atomic E-state index is 12.8. The highest BCUT2D eigenvalue weighted by Crippen LogP contribution is 2.32. The Morgan fingerprint density at radius 1 is 1.42 bits per heavy atom. The predicted molar refractivity (Wildman–Crippen MR) is 86.3 cm³/mol. The number of carbonyl (C=O) groups is 1. The topological polar surface area (TPSA) is 65.4 Å². The van der Waals surface area contributed by atoms with E-state index in [1.54, 1.807) is 6.92 Å². The number of amides is 1. The molecule has 2 heterocycles. The lowest BCUT2D eigenvalue weighted by Gasteiger charge is -2.11. The summed E-state index contributed by atoms with van der Waals surface area (Å²) in [5.41, 5.74) is -0.322. The van der Waals surface area contributed by atoms with E-state index in [1.807, 2.05) is 0 Å². The molecule has 1 aromatic heterocycles. The average Bonchev–Trinajstić information content (AvgIpc) is 3.22. The van der Waals surface area contributed by atoms with Gasteiger partial charge in [0, 0.05) is 19.2 Å². The number of rotatable bonds is 4. The highest BCUT2D eigenvalue weighted by molar-refractivity contribution is 5.76. The second-order valence-electron chi connectivity index (χ2n) is 5.98. The molecule has 1 saturated heterocycles. The van der Waals surface area contributed by atoms with Crippen LogP contribution in [-0.4, -0.2) is 35.1 Å². The number of nitrogens with one attached hydrogen (secondary N) is 1. The van der Waals surface area contributed by atoms with Gasteiger partial charge in [-0.1, -0.05) is 6.07 Å². The minimum absolute atomic E-state index is 0.00403. The molecule has 1 aliphatic rings. The van der Waals surface area contributed by atoms with Crippen LogP contribution in [0.2, 0.25) is 0 Å². The van der Waals surface area contributed by atoms with Gasteiger partial charge in [0.2, 0.25) is 5.88 Å². The molecule has 2 aromatic rings. The van der Waals surface area contributed by atoms with Crippen molar-refractivity contribution < 1.29 is 27.4 Å². The fourth-order valence-corrected chi connectivity index (χ4v) is 2.64. The van der Waals surface area contributed by atoms with Crippen molar-refractivity contribution in [2.75, 3.05) is 13.2 Å². The number of hydrogen-bond acceptors (Lipinski definition) is 4. The van der Waals surface area contributed by atoms with Crippen LogP contribution in [0.5, 0.6) is 11.6 Å². The van der Waals surface area contributed by atoms with Crippen LogP contribution in [0.1, 0.15) is 24.1 Å². The second-order valence-corrected chi connectivity index (χ2v) is 5.98. The normalized spacial score (nSPS) is 17.3. The third-order valence-corrected chi connectivity index (χ3v) is 3.95. The first-order chi connectivity index (χ1) is 12.3. The van der Waals surface area contributed by atoms with Gasteiger partial charge in [0.25, 0.3) is 0 Å². The molecule has 1 amide bonds. The van der Waals surface area contributed by atoms with Crippen LogP contribution in [0.15, 0.2) is 30.3 Å². The molecular weight excluding hydrogens is 351 g/mol. The molecule has 3 rings (SSSR count). The summed E-state index contributed by atoms with van der Waals surface area (Å²) in [5, 5.41) is 6.72. The lowest BCUT2D eigenvalue weighted by atomic mass is 10.2. The number of carbonyl (C=O) groups excluding carboxylic acids is 1. The minimum atomic E-state index is -4.46. The average molecular weight is 369 g/mol. The van der Waals surface area contributed by atoms with Crippen molar-refractivity contribution in [1.82, 2.24) is 15.1 Å². The Hall–Kier alpha value is -2.55. The molecule has 1 aliphatic heterocycles. The summed E-state index contributed by atoms with van der Waals surface area (Å²) in [7, 11) is 0. The Bertz CT molecular complexity index is 783. The van der Waals surface area contributed by atoms with E-state index in [1.165, 1.54) is 18.2 Å². The maximum Gasteiger partial charge on any atom is 0.416 e. The first-order valence-corrected chi connectivity index (χ1v) is 8.14. The maximum absolute atomic E-state index is 12.8. The van der Waals surface area contributed by atoms with Gasteiger partial charge in [-0.2, -0.15) is 17.9 Å². The number of hydrogen-bond donors (Lipinski definition) is 1. The monoisotopic (exact) mass is 369 g/mol. The first-order valence-electron chi connectivity index (χ1n) is 8.14. The molecule has 1 fully saturated rings. The van der Waals surface area contributed by atoms with E-state index in [9.17, 15) is 18.0 Å². The molecule has 26 heavy (non-hydrogen) atoms. The molecule has 0 spiro atoms. The van der Waals surface area contributed by atoms with Crippen LogP contribution in [0.4, 0.5) is 18.0 Å². The zero-order chi connectivity index (χ0) is 18.7. The van der Waals surface area contributed by atoms with Crippen molar-refractivity contribution in [2.24, 2.45) is 0 Å². The Morgan fingerprint density at radius 2 is 2.23 bits per heavy atom. The van der Waals surface area contributed by atoms with E-state index >= 15 is 0 Å². The van der Waals surface area contributed by atoms with Gasteiger partial charge in [0.05, 0.1) is 17.4 Å². The Labute approximate surface area is 147 Å². The summed E-state index contributed by atoms with van der Waals surface area (Å²) in [6.07, 6.45) is -2.61. The van der Waals surface area contributed by atoms with Crippen molar-refractivity contribution in [1.29, 1.82) is 0 Å². The molecule has 9 heteroatoms. The molecule has 0 bridgehead atoms. The minimum Gasteiger partial charge on any atom is -0.438 e. The highest BCUT2D eigenvalue weighted by Gasteiger charge is 2.30. The lowest BCUT2D eigenvalue weighted by molar-refractivity contribution is -0.137. The number of benzene rings is 1. The van der Waals surface area contributed by atoms with Gasteiger partial charge in [0.15, 0.2) is 0 Å². The molecular formula is C17H18F3N3O3. The fraction of sp³-hybridized carbons (Fsp3) is 0.412. The van der Waals surface area contributed by atoms with Crippen molar-refractivity contribution in [3.63, 3.8) is 0 Å². The highest BCUT2D eigenvalue weighted by atomic mass is 19.4. The van der Waals surface area contributed by atoms with Crippen LogP contribution in [0, 0.1) is 6.92 Å². The van der Waals surface area contributed by atoms with Crippen LogP contribution < -0.4 is 10.1 Å². The van der Waals surface area contributed by atoms with E-state index in [0.717, 1.165) is 29.7 Å². The summed E-state index contributed by atoms with van der Waals surface area (Å²) in [6.45, 7) is 2.72. The van der Waals surface area contributed by atoms with Crippen molar-refractivity contribution in [3.05, 3.63) is 41.6 Å². The van der Waals surface area contributed by atoms with Gasteiger partial charge in [-0.05, 0) is 38.0 Å². The third kappa shape index (κ3) is 4.34. The van der Waals surface area contributed by atoms with Crippen LogP contribution in [-0.2, 0) is 10.9 Å². The van der Waals surface area contributed by atoms with Gasteiger partial charge < -0.3 is 14.8 Å². The molecule has 1 unspecified atom stereocenters. The first kappa shape index (κ1) is 18.2. The number of alkyl halides is 3. The van der Waals surface area contributed by atoms with E-state index in [2.05, 4.69) is 10.4 Å². The largest absolute Gasteiger partial charge is 0.438 e. The van der Waals surface area contributed by atoms with Crippen LogP contribution in [0.25, 0.3) is 0 Å². The molecule has 1 N–H and O–H groups in total. The zero-order valence-corrected chi connectivity index (χ0v) is 14.0. The standard InChI is InChI=1S/C17H18F3N3O3/c1-11-8-15(26-13-5-2-4-12(9-13)17(18,19)20)22-23(11)16(24)21-10-14-6-3-7-25-14/h2,4-5,8-9,14H,3,6-7,10H2,1H3,(H,21,24). The second kappa shape index (κ2) is 7.36. The Kier molecular flexibility index (Phi) is 5.17. The number of aryl methyl sites for hydroxylation is 1. The molecule has 0 radical (unpaired) electrons. The summed E-state index contributed by atoms with van der Waals surface area (Å²) < 4.78 is 50.2. The van der Waals surface area contributed by atoms with Gasteiger partial charge in [-0.25, -0.2) is 4.79 Å². The van der Waals surface area contributed by atoms with E-state index < -0.39 is 17.8 Å². The van der Waals surface area contributed by atoms with E-state index in [4.69, 9.17) is 9.47 Å². The number of halogens is 3. The smallest absolute Gasteiger partial charge is 0.416 e. The summed E-state index contributed by atoms with van der Waals surface area (Å²) in [5.74, 6) is 0.0262. The number of ether oxygens (including phenoxy) is 2. The van der Waals surface area contributed by atoms with Crippen molar-refractivity contribution in [2.45, 2.75) is 32.0 Å². The molecule has 6 nitrogen and oxygen atoms in total. The molecule has 1 atom stereocenters. The quantitative estimate of drug-likeness (QED) is 0.892. The molecule has 0 aliphatic carbocycles. The van der Waals surface area contributed by atoms with Crippen LogP contribution >= 0.6 is 0 Å². The Balaban J connectivity index is 1.67. The number of aromatic nitrogens is 2. The van der Waals surface area contributed by atoms with Gasteiger partial charge in [-0.3, -0.25) is 0 Å². The van der Waals surface area contributed by atoms with Gasteiger partial charge in [-0.15, -0.1) is 5.10 Å². The molecule has 140 valence electrons. The van der Waals surface area contributed by atoms with Crippen LogP contribution in [0.3, 0.4) is 0 Å². The summed E-state index contributed by atoms with van der Waals surface area (Å²) in [4.78, 5) is 12.2. The third-order valence-electron chi connectivity index (χ3n) is 3.95. The molecule has 0 saturated carbocycles. The van der Waals surface area contributed by atoms with Gasteiger partial charge in [0.1, 0.15) is 5.75 Å². The predicted octanol–water partition coefficient (Wildman–Crippen LogP) is 3.74. The summed E-state index contributed by atoms with van der Waals surface area (Å²) >= 11 is 0. The van der Waals surface area contributed by atoms with E-state index in [0.29, 0.717) is 18.8 Å².